The Morgan fingerprint density at radius 3 is 2.17 bits per heavy atom. The molecule has 0 saturated carbocycles. The topological polar surface area (TPSA) is 98.0 Å². The summed E-state index contributed by atoms with van der Waals surface area (Å²) in [5, 5.41) is 6.34. The fraction of sp³-hybridized carbons (Fsp3) is 0.0455. The highest BCUT2D eigenvalue weighted by Gasteiger charge is 2.09. The van der Waals surface area contributed by atoms with Crippen molar-refractivity contribution in [1.29, 1.82) is 0 Å². The van der Waals surface area contributed by atoms with Gasteiger partial charge in [0.2, 0.25) is 0 Å². The summed E-state index contributed by atoms with van der Waals surface area (Å²) in [5.74, 6) is 3.19. The van der Waals surface area contributed by atoms with E-state index in [2.05, 4.69) is 25.6 Å². The summed E-state index contributed by atoms with van der Waals surface area (Å²) in [5.41, 5.74) is 8.38. The highest BCUT2D eigenvalue weighted by Crippen LogP contribution is 2.29. The van der Waals surface area contributed by atoms with Gasteiger partial charge in [-0.05, 0) is 55.5 Å². The molecule has 0 amide bonds. The first-order valence-electron chi connectivity index (χ1n) is 9.08. The van der Waals surface area contributed by atoms with Crippen LogP contribution in [-0.2, 0) is 0 Å². The highest BCUT2D eigenvalue weighted by molar-refractivity contribution is 5.79. The Labute approximate surface area is 168 Å². The second-order valence-electron chi connectivity index (χ2n) is 6.34. The van der Waals surface area contributed by atoms with E-state index in [0.717, 1.165) is 22.9 Å². The largest absolute Gasteiger partial charge is 0.457 e. The number of pyridine rings is 1. The average molecular weight is 384 g/mol. The average Bonchev–Trinajstić information content (AvgIpc) is 2.73. The number of hydrogen-bond acceptors (Lipinski definition) is 7. The van der Waals surface area contributed by atoms with Crippen LogP contribution in [0.2, 0.25) is 0 Å². The maximum Gasteiger partial charge on any atom is 0.160 e. The Balaban J connectivity index is 1.48. The van der Waals surface area contributed by atoms with Gasteiger partial charge in [-0.3, -0.25) is 0 Å². The van der Waals surface area contributed by atoms with E-state index in [0.29, 0.717) is 23.1 Å². The lowest BCUT2D eigenvalue weighted by atomic mass is 10.3. The monoisotopic (exact) mass is 384 g/mol. The minimum absolute atomic E-state index is 0.403. The van der Waals surface area contributed by atoms with Gasteiger partial charge in [-0.15, -0.1) is 0 Å². The van der Waals surface area contributed by atoms with Gasteiger partial charge in [-0.2, -0.15) is 0 Å². The van der Waals surface area contributed by atoms with Gasteiger partial charge in [0.25, 0.3) is 0 Å². The van der Waals surface area contributed by atoms with Crippen LogP contribution in [0.3, 0.4) is 0 Å². The van der Waals surface area contributed by atoms with Crippen molar-refractivity contribution in [3.8, 4) is 11.5 Å². The summed E-state index contributed by atoms with van der Waals surface area (Å²) in [6.07, 6.45) is 1.45. The minimum Gasteiger partial charge on any atom is -0.457 e. The number of hydrogen-bond donors (Lipinski definition) is 3. The number of nitrogen functional groups attached to an aromatic ring is 1. The molecule has 2 heterocycles. The van der Waals surface area contributed by atoms with E-state index in [-0.39, 0.29) is 0 Å². The summed E-state index contributed by atoms with van der Waals surface area (Å²) < 4.78 is 5.81. The van der Waals surface area contributed by atoms with Gasteiger partial charge in [0, 0.05) is 11.4 Å². The standard InChI is InChI=1S/C22H20N6O/c1-15-6-5-9-19(26-15)28-22-20(23)21(24-14-25-22)27-16-10-12-18(13-11-16)29-17-7-3-2-4-8-17/h2-14H,23H2,1H3,(H2,24,25,26,27,28). The van der Waals surface area contributed by atoms with Crippen molar-refractivity contribution in [2.75, 3.05) is 16.4 Å². The zero-order valence-corrected chi connectivity index (χ0v) is 15.8. The molecular formula is C22H20N6O. The molecule has 0 fully saturated rings. The summed E-state index contributed by atoms with van der Waals surface area (Å²) in [6, 6.07) is 22.9. The normalized spacial score (nSPS) is 10.4. The van der Waals surface area contributed by atoms with Gasteiger partial charge in [0.1, 0.15) is 29.3 Å². The molecule has 7 nitrogen and oxygen atoms in total. The van der Waals surface area contributed by atoms with E-state index >= 15 is 0 Å². The molecular weight excluding hydrogens is 364 g/mol. The number of nitrogens with two attached hydrogens (primary N) is 1. The van der Waals surface area contributed by atoms with Crippen LogP contribution in [0.1, 0.15) is 5.69 Å². The van der Waals surface area contributed by atoms with E-state index in [1.807, 2.05) is 79.7 Å². The molecule has 4 aromatic rings. The molecule has 0 spiro atoms. The molecule has 0 atom stereocenters. The number of anilines is 5. The second-order valence-corrected chi connectivity index (χ2v) is 6.34. The summed E-state index contributed by atoms with van der Waals surface area (Å²) in [4.78, 5) is 12.9. The van der Waals surface area contributed by atoms with Crippen LogP contribution < -0.4 is 21.1 Å². The smallest absolute Gasteiger partial charge is 0.160 e. The van der Waals surface area contributed by atoms with Crippen LogP contribution in [-0.4, -0.2) is 15.0 Å². The Morgan fingerprint density at radius 1 is 0.759 bits per heavy atom. The van der Waals surface area contributed by atoms with Crippen molar-refractivity contribution < 1.29 is 4.74 Å². The number of ether oxygens (including phenoxy) is 1. The SMILES string of the molecule is Cc1cccc(Nc2ncnc(Nc3ccc(Oc4ccccc4)cc3)c2N)n1. The second kappa shape index (κ2) is 8.26. The third kappa shape index (κ3) is 4.59. The first kappa shape index (κ1) is 18.2. The molecule has 0 saturated heterocycles. The van der Waals surface area contributed by atoms with Crippen molar-refractivity contribution in [3.63, 3.8) is 0 Å². The zero-order valence-electron chi connectivity index (χ0n) is 15.8. The van der Waals surface area contributed by atoms with Crippen LogP contribution in [0, 0.1) is 6.92 Å². The molecule has 0 bridgehead atoms. The number of aryl methyl sites for hydroxylation is 1. The highest BCUT2D eigenvalue weighted by atomic mass is 16.5. The molecule has 4 N–H and O–H groups in total. The zero-order chi connectivity index (χ0) is 20.1. The third-order valence-corrected chi connectivity index (χ3v) is 4.11. The minimum atomic E-state index is 0.403. The molecule has 0 radical (unpaired) electrons. The predicted molar refractivity (Wildman–Crippen MR) is 115 cm³/mol. The quantitative estimate of drug-likeness (QED) is 0.428. The van der Waals surface area contributed by atoms with Gasteiger partial charge in [0.15, 0.2) is 11.6 Å². The first-order valence-corrected chi connectivity index (χ1v) is 9.08. The fourth-order valence-electron chi connectivity index (χ4n) is 2.70. The van der Waals surface area contributed by atoms with Gasteiger partial charge >= 0.3 is 0 Å². The summed E-state index contributed by atoms with van der Waals surface area (Å²) >= 11 is 0. The third-order valence-electron chi connectivity index (χ3n) is 4.11. The lowest BCUT2D eigenvalue weighted by Crippen LogP contribution is -2.06. The lowest BCUT2D eigenvalue weighted by Gasteiger charge is -2.13. The van der Waals surface area contributed by atoms with Gasteiger partial charge < -0.3 is 21.1 Å². The van der Waals surface area contributed by atoms with Crippen LogP contribution >= 0.6 is 0 Å². The number of benzene rings is 2. The van der Waals surface area contributed by atoms with Gasteiger partial charge in [-0.25, -0.2) is 15.0 Å². The summed E-state index contributed by atoms with van der Waals surface area (Å²) in [6.45, 7) is 1.92. The summed E-state index contributed by atoms with van der Waals surface area (Å²) in [7, 11) is 0. The molecule has 0 aliphatic carbocycles. The Kier molecular flexibility index (Phi) is 5.20. The number of rotatable bonds is 6. The number of para-hydroxylation sites is 1. The number of nitrogens with zero attached hydrogens (tertiary/aromatic N) is 3. The van der Waals surface area contributed by atoms with Crippen molar-refractivity contribution >= 4 is 28.8 Å². The van der Waals surface area contributed by atoms with Crippen molar-refractivity contribution in [1.82, 2.24) is 15.0 Å². The van der Waals surface area contributed by atoms with Gasteiger partial charge in [-0.1, -0.05) is 24.3 Å². The maximum atomic E-state index is 6.25. The van der Waals surface area contributed by atoms with E-state index in [9.17, 15) is 0 Å². The molecule has 0 aliphatic rings. The fourth-order valence-corrected chi connectivity index (χ4v) is 2.70. The van der Waals surface area contributed by atoms with E-state index < -0.39 is 0 Å². The van der Waals surface area contributed by atoms with Crippen LogP contribution in [0.25, 0.3) is 0 Å². The number of aromatic nitrogens is 3. The Hall–Kier alpha value is -4.13. The first-order chi connectivity index (χ1) is 14.2. The molecule has 29 heavy (non-hydrogen) atoms. The lowest BCUT2D eigenvalue weighted by molar-refractivity contribution is 0.483. The molecule has 2 aromatic carbocycles. The Bertz CT molecular complexity index is 1100. The molecule has 2 aromatic heterocycles. The predicted octanol–water partition coefficient (Wildman–Crippen LogP) is 5.04. The van der Waals surface area contributed by atoms with Gasteiger partial charge in [0.05, 0.1) is 0 Å². The molecule has 0 aliphatic heterocycles. The van der Waals surface area contributed by atoms with E-state index in [1.165, 1.54) is 6.33 Å². The van der Waals surface area contributed by atoms with Crippen molar-refractivity contribution in [3.05, 3.63) is 84.8 Å². The van der Waals surface area contributed by atoms with Crippen molar-refractivity contribution in [2.24, 2.45) is 0 Å². The van der Waals surface area contributed by atoms with Crippen LogP contribution in [0.5, 0.6) is 11.5 Å². The van der Waals surface area contributed by atoms with Crippen LogP contribution in [0.4, 0.5) is 28.8 Å². The molecule has 7 heteroatoms. The van der Waals surface area contributed by atoms with E-state index in [4.69, 9.17) is 10.5 Å². The number of nitrogens with one attached hydrogen (secondary N) is 2. The van der Waals surface area contributed by atoms with E-state index in [1.54, 1.807) is 0 Å². The van der Waals surface area contributed by atoms with Crippen molar-refractivity contribution in [2.45, 2.75) is 6.92 Å². The van der Waals surface area contributed by atoms with Crippen LogP contribution in [0.15, 0.2) is 79.1 Å². The molecule has 4 rings (SSSR count). The maximum absolute atomic E-state index is 6.25. The molecule has 0 unspecified atom stereocenters. The molecule has 144 valence electrons. The Morgan fingerprint density at radius 2 is 1.45 bits per heavy atom.